The Morgan fingerprint density at radius 2 is 1.94 bits per heavy atom. The maximum atomic E-state index is 12.0. The molecule has 5 heteroatoms. The monoisotopic (exact) mass is 250 g/mol. The van der Waals surface area contributed by atoms with Crippen LogP contribution in [0.2, 0.25) is 0 Å². The molecule has 0 atom stereocenters. The van der Waals surface area contributed by atoms with Gasteiger partial charge in [-0.25, -0.2) is 4.98 Å². The van der Waals surface area contributed by atoms with Gasteiger partial charge in [-0.3, -0.25) is 9.89 Å². The van der Waals surface area contributed by atoms with Crippen molar-refractivity contribution >= 4 is 5.91 Å². The van der Waals surface area contributed by atoms with Crippen molar-refractivity contribution in [2.45, 2.75) is 53.0 Å². The number of rotatable bonds is 2. The summed E-state index contributed by atoms with van der Waals surface area (Å²) in [4.78, 5) is 15.8. The lowest BCUT2D eigenvalue weighted by Gasteiger charge is -2.45. The van der Waals surface area contributed by atoms with Crippen molar-refractivity contribution in [2.24, 2.45) is 10.8 Å². The number of amides is 1. The largest absolute Gasteiger partial charge is 0.347 e. The zero-order chi connectivity index (χ0) is 13.4. The second-order valence-corrected chi connectivity index (χ2v) is 6.92. The Bertz CT molecular complexity index is 406. The Kier molecular flexibility index (Phi) is 3.17. The van der Waals surface area contributed by atoms with E-state index in [0.717, 1.165) is 12.8 Å². The van der Waals surface area contributed by atoms with Crippen LogP contribution in [0.3, 0.4) is 0 Å². The van der Waals surface area contributed by atoms with Crippen LogP contribution in [0.5, 0.6) is 0 Å². The maximum absolute atomic E-state index is 12.0. The highest BCUT2D eigenvalue weighted by Crippen LogP contribution is 2.45. The summed E-state index contributed by atoms with van der Waals surface area (Å²) < 4.78 is 0. The van der Waals surface area contributed by atoms with E-state index in [1.807, 2.05) is 0 Å². The van der Waals surface area contributed by atoms with E-state index in [2.05, 4.69) is 48.2 Å². The van der Waals surface area contributed by atoms with Crippen molar-refractivity contribution < 1.29 is 4.79 Å². The number of H-pyrrole nitrogens is 1. The number of hydrogen-bond donors (Lipinski definition) is 2. The van der Waals surface area contributed by atoms with Gasteiger partial charge in [-0.05, 0) is 30.1 Å². The van der Waals surface area contributed by atoms with E-state index in [0.29, 0.717) is 0 Å². The molecule has 1 aliphatic rings. The fraction of sp³-hybridized carbons (Fsp3) is 0.769. The zero-order valence-corrected chi connectivity index (χ0v) is 11.6. The van der Waals surface area contributed by atoms with Gasteiger partial charge in [0.05, 0.1) is 0 Å². The molecule has 0 aliphatic heterocycles. The molecule has 18 heavy (non-hydrogen) atoms. The van der Waals surface area contributed by atoms with E-state index in [-0.39, 0.29) is 28.6 Å². The summed E-state index contributed by atoms with van der Waals surface area (Å²) in [5.41, 5.74) is 0.530. The Morgan fingerprint density at radius 1 is 1.33 bits per heavy atom. The molecule has 5 nitrogen and oxygen atoms in total. The number of aromatic amines is 1. The molecule has 2 rings (SSSR count). The molecule has 0 radical (unpaired) electrons. The minimum Gasteiger partial charge on any atom is -0.347 e. The van der Waals surface area contributed by atoms with Gasteiger partial charge in [0.2, 0.25) is 5.82 Å². The molecule has 1 heterocycles. The Hall–Kier alpha value is -1.39. The molecule has 100 valence electrons. The minimum atomic E-state index is -0.161. The molecule has 2 N–H and O–H groups in total. The van der Waals surface area contributed by atoms with Gasteiger partial charge in [-0.15, -0.1) is 0 Å². The number of hydrogen-bond acceptors (Lipinski definition) is 3. The summed E-state index contributed by atoms with van der Waals surface area (Å²) in [6.07, 6.45) is 4.56. The Morgan fingerprint density at radius 3 is 2.44 bits per heavy atom. The summed E-state index contributed by atoms with van der Waals surface area (Å²) in [5.74, 6) is 0.127. The lowest BCUT2D eigenvalue weighted by atomic mass is 9.63. The second-order valence-electron chi connectivity index (χ2n) is 6.92. The number of nitrogens with one attached hydrogen (secondary N) is 2. The standard InChI is InChI=1S/C13H22N4O/c1-12(2)5-9(6-13(3,4)7-12)16-11(18)10-14-8-15-17-10/h8-9H,5-7H2,1-4H3,(H,16,18)(H,14,15,17). The van der Waals surface area contributed by atoms with E-state index in [1.54, 1.807) is 0 Å². The maximum Gasteiger partial charge on any atom is 0.288 e. The van der Waals surface area contributed by atoms with Crippen molar-refractivity contribution in [1.29, 1.82) is 0 Å². The van der Waals surface area contributed by atoms with Gasteiger partial charge >= 0.3 is 0 Å². The Labute approximate surface area is 108 Å². The molecule has 0 spiro atoms. The van der Waals surface area contributed by atoms with E-state index in [1.165, 1.54) is 12.7 Å². The van der Waals surface area contributed by atoms with Crippen LogP contribution in [-0.2, 0) is 0 Å². The van der Waals surface area contributed by atoms with Crippen LogP contribution in [0, 0.1) is 10.8 Å². The van der Waals surface area contributed by atoms with Crippen LogP contribution >= 0.6 is 0 Å². The first kappa shape index (κ1) is 13.1. The van der Waals surface area contributed by atoms with E-state index in [4.69, 9.17) is 0 Å². The summed E-state index contributed by atoms with van der Waals surface area (Å²) in [7, 11) is 0. The predicted molar refractivity (Wildman–Crippen MR) is 69.0 cm³/mol. The lowest BCUT2D eigenvalue weighted by Crippen LogP contribution is -2.46. The van der Waals surface area contributed by atoms with Gasteiger partial charge in [0.25, 0.3) is 5.91 Å². The molecule has 0 bridgehead atoms. The summed E-state index contributed by atoms with van der Waals surface area (Å²) in [6.45, 7) is 9.06. The van der Waals surface area contributed by atoms with E-state index < -0.39 is 0 Å². The molecule has 0 unspecified atom stereocenters. The summed E-state index contributed by atoms with van der Waals surface area (Å²) in [6, 6.07) is 0.210. The van der Waals surface area contributed by atoms with Crippen molar-refractivity contribution in [3.05, 3.63) is 12.2 Å². The molecule has 1 aliphatic carbocycles. The van der Waals surface area contributed by atoms with Gasteiger partial charge in [0, 0.05) is 6.04 Å². The summed E-state index contributed by atoms with van der Waals surface area (Å²) >= 11 is 0. The fourth-order valence-electron chi connectivity index (χ4n) is 3.52. The first-order valence-electron chi connectivity index (χ1n) is 6.44. The quantitative estimate of drug-likeness (QED) is 0.844. The smallest absolute Gasteiger partial charge is 0.288 e. The number of carbonyl (C=O) groups is 1. The lowest BCUT2D eigenvalue weighted by molar-refractivity contribution is 0.0707. The van der Waals surface area contributed by atoms with E-state index >= 15 is 0 Å². The highest BCUT2D eigenvalue weighted by molar-refractivity contribution is 5.90. The van der Waals surface area contributed by atoms with Gasteiger partial charge in [-0.2, -0.15) is 5.10 Å². The fourth-order valence-corrected chi connectivity index (χ4v) is 3.52. The van der Waals surface area contributed by atoms with Crippen LogP contribution < -0.4 is 5.32 Å². The second kappa shape index (κ2) is 4.37. The van der Waals surface area contributed by atoms with Crippen LogP contribution in [0.15, 0.2) is 6.33 Å². The van der Waals surface area contributed by atoms with Crippen LogP contribution in [0.25, 0.3) is 0 Å². The molecule has 1 fully saturated rings. The normalized spacial score (nSPS) is 22.7. The van der Waals surface area contributed by atoms with Gasteiger partial charge in [0.15, 0.2) is 0 Å². The SMILES string of the molecule is CC1(C)CC(NC(=O)c2ncn[nH]2)CC(C)(C)C1. The first-order chi connectivity index (χ1) is 8.27. The molecular formula is C13H22N4O. The van der Waals surface area contributed by atoms with Crippen LogP contribution in [0.1, 0.15) is 57.6 Å². The van der Waals surface area contributed by atoms with Gasteiger partial charge in [0.1, 0.15) is 6.33 Å². The van der Waals surface area contributed by atoms with Crippen LogP contribution in [0.4, 0.5) is 0 Å². The average molecular weight is 250 g/mol. The molecule has 0 aromatic carbocycles. The van der Waals surface area contributed by atoms with Gasteiger partial charge < -0.3 is 5.32 Å². The predicted octanol–water partition coefficient (Wildman–Crippen LogP) is 2.14. The van der Waals surface area contributed by atoms with Crippen molar-refractivity contribution in [1.82, 2.24) is 20.5 Å². The van der Waals surface area contributed by atoms with Crippen molar-refractivity contribution in [3.63, 3.8) is 0 Å². The number of nitrogens with zero attached hydrogens (tertiary/aromatic N) is 2. The summed E-state index contributed by atoms with van der Waals surface area (Å²) in [5, 5.41) is 9.35. The average Bonchev–Trinajstić information content (AvgIpc) is 2.63. The minimum absolute atomic E-state index is 0.161. The topological polar surface area (TPSA) is 70.7 Å². The highest BCUT2D eigenvalue weighted by Gasteiger charge is 2.39. The Balaban J connectivity index is 2.03. The van der Waals surface area contributed by atoms with Crippen LogP contribution in [-0.4, -0.2) is 27.1 Å². The molecule has 0 saturated heterocycles. The molecule has 1 amide bonds. The third kappa shape index (κ3) is 3.09. The third-order valence-electron chi connectivity index (χ3n) is 3.52. The van der Waals surface area contributed by atoms with Gasteiger partial charge in [-0.1, -0.05) is 27.7 Å². The van der Waals surface area contributed by atoms with Crippen molar-refractivity contribution in [2.75, 3.05) is 0 Å². The number of aromatic nitrogens is 3. The molecule has 1 saturated carbocycles. The third-order valence-corrected chi connectivity index (χ3v) is 3.52. The molecule has 1 aromatic heterocycles. The van der Waals surface area contributed by atoms with E-state index in [9.17, 15) is 4.79 Å². The zero-order valence-electron chi connectivity index (χ0n) is 11.6. The first-order valence-corrected chi connectivity index (χ1v) is 6.44. The molecule has 1 aromatic rings. The molecular weight excluding hydrogens is 228 g/mol. The van der Waals surface area contributed by atoms with Crippen molar-refractivity contribution in [3.8, 4) is 0 Å². The number of carbonyl (C=O) groups excluding carboxylic acids is 1. The highest BCUT2D eigenvalue weighted by atomic mass is 16.2.